The number of benzene rings is 1. The summed E-state index contributed by atoms with van der Waals surface area (Å²) in [5.41, 5.74) is 17.2. The van der Waals surface area contributed by atoms with Gasteiger partial charge in [0, 0.05) is 32.6 Å². The van der Waals surface area contributed by atoms with E-state index >= 15 is 0 Å². The molecule has 370 valence electrons. The molecule has 1 aromatic carbocycles. The van der Waals surface area contributed by atoms with Gasteiger partial charge in [0.25, 0.3) is 0 Å². The van der Waals surface area contributed by atoms with Gasteiger partial charge >= 0.3 is 5.97 Å². The van der Waals surface area contributed by atoms with Crippen molar-refractivity contribution < 1.29 is 48.3 Å². The van der Waals surface area contributed by atoms with Gasteiger partial charge in [0.2, 0.25) is 47.3 Å². The number of guanidine groups is 1. The minimum Gasteiger partial charge on any atom is -0.480 e. The van der Waals surface area contributed by atoms with Crippen molar-refractivity contribution in [2.45, 2.75) is 134 Å². The standard InChI is InChI=1S/C45H70N12O10/c1-5-27(4)37(44(66)67)54-41(63)33-18-12-22-57(33)43(65)30(23-28-13-7-6-8-14-28)52-39(61)31-16-11-21-56(31)35(59)25-50-38(60)29(15-9-19-49-45(47)48)51-42(64)36(26(2)3)53-40(62)32-17-10-20-55(32)34(58)24-46/h6-8,13-14,26-27,29-33,36-37H,5,9-12,15-25,46H2,1-4H3,(H,50,60)(H,51,64)(H,52,61)(H,53,62)(H,54,63)(H,66,67)(H4,47,48,49)/t27-,29-,30-,31-,32-,33-,36-,37-/m0/s1. The van der Waals surface area contributed by atoms with Crippen LogP contribution < -0.4 is 43.8 Å². The van der Waals surface area contributed by atoms with Crippen LogP contribution in [0.25, 0.3) is 0 Å². The van der Waals surface area contributed by atoms with Crippen molar-refractivity contribution in [1.29, 1.82) is 0 Å². The molecule has 3 aliphatic heterocycles. The van der Waals surface area contributed by atoms with Gasteiger partial charge in [0.05, 0.1) is 13.1 Å². The van der Waals surface area contributed by atoms with Crippen LogP contribution in [0.4, 0.5) is 0 Å². The molecule has 0 bridgehead atoms. The number of aliphatic carboxylic acids is 1. The Kier molecular flexibility index (Phi) is 20.3. The quantitative estimate of drug-likeness (QED) is 0.0328. The molecule has 4 rings (SSSR count). The minimum atomic E-state index is -1.20. The number of hydrogen-bond acceptors (Lipinski definition) is 11. The molecule has 0 unspecified atom stereocenters. The van der Waals surface area contributed by atoms with Crippen molar-refractivity contribution in [1.82, 2.24) is 41.3 Å². The molecular formula is C45H70N12O10. The molecule has 1 aromatic rings. The van der Waals surface area contributed by atoms with E-state index in [-0.39, 0.29) is 69.6 Å². The molecule has 3 aliphatic rings. The summed E-state index contributed by atoms with van der Waals surface area (Å²) in [4.78, 5) is 129. The number of nitrogens with zero attached hydrogens (tertiary/aromatic N) is 4. The minimum absolute atomic E-state index is 0.0474. The average molecular weight is 939 g/mol. The average Bonchev–Trinajstić information content (AvgIpc) is 4.11. The number of amides is 8. The van der Waals surface area contributed by atoms with Gasteiger partial charge in [-0.15, -0.1) is 0 Å². The third kappa shape index (κ3) is 14.8. The van der Waals surface area contributed by atoms with E-state index < -0.39 is 102 Å². The number of aliphatic imine (C=N–C) groups is 1. The van der Waals surface area contributed by atoms with Gasteiger partial charge in [-0.1, -0.05) is 64.4 Å². The highest BCUT2D eigenvalue weighted by atomic mass is 16.4. The normalized spacial score (nSPS) is 20.2. The maximum Gasteiger partial charge on any atom is 0.326 e. The van der Waals surface area contributed by atoms with Crippen LogP contribution >= 0.6 is 0 Å². The van der Waals surface area contributed by atoms with Crippen LogP contribution in [-0.4, -0.2) is 161 Å². The van der Waals surface area contributed by atoms with Crippen molar-refractivity contribution in [2.24, 2.45) is 34.0 Å². The van der Waals surface area contributed by atoms with E-state index in [2.05, 4.69) is 31.6 Å². The molecule has 0 radical (unpaired) electrons. The van der Waals surface area contributed by atoms with E-state index in [9.17, 15) is 48.3 Å². The molecule has 8 amide bonds. The summed E-state index contributed by atoms with van der Waals surface area (Å²) in [7, 11) is 0. The van der Waals surface area contributed by atoms with E-state index in [1.54, 1.807) is 45.0 Å². The molecule has 22 nitrogen and oxygen atoms in total. The lowest BCUT2D eigenvalue weighted by molar-refractivity contribution is -0.146. The zero-order valence-electron chi connectivity index (χ0n) is 39.0. The molecule has 3 fully saturated rings. The Morgan fingerprint density at radius 1 is 0.716 bits per heavy atom. The van der Waals surface area contributed by atoms with E-state index in [0.717, 1.165) is 5.56 Å². The Bertz CT molecular complexity index is 1960. The summed E-state index contributed by atoms with van der Waals surface area (Å²) < 4.78 is 0. The molecule has 22 heteroatoms. The maximum absolute atomic E-state index is 14.3. The molecule has 3 heterocycles. The van der Waals surface area contributed by atoms with E-state index in [0.29, 0.717) is 45.1 Å². The summed E-state index contributed by atoms with van der Waals surface area (Å²) in [5, 5.41) is 23.3. The Balaban J connectivity index is 1.45. The van der Waals surface area contributed by atoms with Gasteiger partial charge in [0.1, 0.15) is 42.3 Å². The molecule has 67 heavy (non-hydrogen) atoms. The third-order valence-corrected chi connectivity index (χ3v) is 12.7. The first-order valence-electron chi connectivity index (χ1n) is 23.3. The van der Waals surface area contributed by atoms with E-state index in [1.165, 1.54) is 14.7 Å². The number of nitrogens with two attached hydrogens (primary N) is 3. The summed E-state index contributed by atoms with van der Waals surface area (Å²) in [6, 6.07) is 1.65. The molecule has 0 spiro atoms. The van der Waals surface area contributed by atoms with Crippen LogP contribution in [-0.2, 0) is 49.6 Å². The Morgan fingerprint density at radius 3 is 1.79 bits per heavy atom. The van der Waals surface area contributed by atoms with Crippen LogP contribution in [0.2, 0.25) is 0 Å². The maximum atomic E-state index is 14.3. The molecule has 12 N–H and O–H groups in total. The number of likely N-dealkylation sites (tertiary alicyclic amines) is 3. The number of hydrogen-bond donors (Lipinski definition) is 9. The Morgan fingerprint density at radius 2 is 1.25 bits per heavy atom. The highest BCUT2D eigenvalue weighted by molar-refractivity contribution is 5.98. The Labute approximate surface area is 391 Å². The predicted molar refractivity (Wildman–Crippen MR) is 246 cm³/mol. The smallest absolute Gasteiger partial charge is 0.326 e. The molecular weight excluding hydrogens is 869 g/mol. The molecule has 0 aromatic heterocycles. The SMILES string of the molecule is CC[C@H](C)[C@H](NC(=O)[C@@H]1CCCN1C(=O)[C@H](Cc1ccccc1)NC(=O)[C@@H]1CCCN1C(=O)CNC(=O)[C@H](CCCN=C(N)N)NC(=O)[C@@H](NC(=O)[C@@H]1CCCN1C(=O)CN)C(C)C)C(=O)O. The fraction of sp³-hybridized carbons (Fsp3) is 0.644. The number of rotatable bonds is 23. The summed E-state index contributed by atoms with van der Waals surface area (Å²) in [6.45, 7) is 7.05. The van der Waals surface area contributed by atoms with Gasteiger partial charge in [-0.2, -0.15) is 0 Å². The van der Waals surface area contributed by atoms with E-state index in [1.807, 2.05) is 13.0 Å². The third-order valence-electron chi connectivity index (χ3n) is 12.7. The number of carboxylic acid groups (broad SMARTS) is 1. The fourth-order valence-corrected chi connectivity index (χ4v) is 8.75. The number of nitrogens with one attached hydrogen (secondary N) is 5. The summed E-state index contributed by atoms with van der Waals surface area (Å²) >= 11 is 0. The Hall–Kier alpha value is -6.32. The lowest BCUT2D eigenvalue weighted by Gasteiger charge is -2.31. The predicted octanol–water partition coefficient (Wildman–Crippen LogP) is -1.94. The van der Waals surface area contributed by atoms with Gasteiger partial charge in [-0.05, 0) is 68.8 Å². The number of carbonyl (C=O) groups is 9. The first-order valence-corrected chi connectivity index (χ1v) is 23.3. The van der Waals surface area contributed by atoms with Crippen LogP contribution in [0.15, 0.2) is 35.3 Å². The van der Waals surface area contributed by atoms with Crippen molar-refractivity contribution in [2.75, 3.05) is 39.3 Å². The highest BCUT2D eigenvalue weighted by Crippen LogP contribution is 2.23. The monoisotopic (exact) mass is 939 g/mol. The second-order valence-electron chi connectivity index (χ2n) is 17.8. The van der Waals surface area contributed by atoms with Crippen LogP contribution in [0, 0.1) is 11.8 Å². The van der Waals surface area contributed by atoms with Gasteiger partial charge in [0.15, 0.2) is 5.96 Å². The second kappa shape index (κ2) is 25.6. The summed E-state index contributed by atoms with van der Waals surface area (Å²) in [5.74, 6) is -6.73. The van der Waals surface area contributed by atoms with Crippen molar-refractivity contribution in [3.05, 3.63) is 35.9 Å². The van der Waals surface area contributed by atoms with Crippen LogP contribution in [0.1, 0.15) is 91.0 Å². The van der Waals surface area contributed by atoms with Crippen molar-refractivity contribution >= 4 is 59.2 Å². The van der Waals surface area contributed by atoms with Crippen LogP contribution in [0.3, 0.4) is 0 Å². The lowest BCUT2D eigenvalue weighted by Crippen LogP contribution is -2.59. The lowest BCUT2D eigenvalue weighted by atomic mass is 9.98. The van der Waals surface area contributed by atoms with Gasteiger partial charge < -0.3 is 63.6 Å². The number of carbonyl (C=O) groups excluding carboxylic acids is 8. The van der Waals surface area contributed by atoms with Crippen molar-refractivity contribution in [3.8, 4) is 0 Å². The van der Waals surface area contributed by atoms with E-state index in [4.69, 9.17) is 17.2 Å². The molecule has 8 atom stereocenters. The van der Waals surface area contributed by atoms with Gasteiger partial charge in [-0.25, -0.2) is 4.79 Å². The van der Waals surface area contributed by atoms with Crippen LogP contribution in [0.5, 0.6) is 0 Å². The summed E-state index contributed by atoms with van der Waals surface area (Å²) in [6.07, 6.45) is 3.38. The zero-order valence-corrected chi connectivity index (χ0v) is 39.0. The molecule has 0 saturated carbocycles. The second-order valence-corrected chi connectivity index (χ2v) is 17.8. The topological polar surface area (TPSA) is 334 Å². The first kappa shape index (κ1) is 53.3. The zero-order chi connectivity index (χ0) is 49.4. The molecule has 3 saturated heterocycles. The fourth-order valence-electron chi connectivity index (χ4n) is 8.75. The van der Waals surface area contributed by atoms with Crippen molar-refractivity contribution in [3.63, 3.8) is 0 Å². The van der Waals surface area contributed by atoms with Gasteiger partial charge in [-0.3, -0.25) is 43.3 Å². The largest absolute Gasteiger partial charge is 0.480 e. The highest BCUT2D eigenvalue weighted by Gasteiger charge is 2.42. The number of carboxylic acids is 1. The molecule has 0 aliphatic carbocycles. The first-order chi connectivity index (χ1) is 31.9.